The van der Waals surface area contributed by atoms with Gasteiger partial charge in [-0.25, -0.2) is 9.18 Å². The van der Waals surface area contributed by atoms with E-state index in [0.717, 1.165) is 19.3 Å². The normalized spacial score (nSPS) is 19.4. The Morgan fingerprint density at radius 3 is 2.59 bits per heavy atom. The number of hydrogen-bond acceptors (Lipinski definition) is 5. The molecule has 2 N–H and O–H groups in total. The van der Waals surface area contributed by atoms with Crippen LogP contribution in [0.5, 0.6) is 0 Å². The highest BCUT2D eigenvalue weighted by Crippen LogP contribution is 2.29. The Morgan fingerprint density at radius 1 is 1.22 bits per heavy atom. The van der Waals surface area contributed by atoms with Gasteiger partial charge in [-0.3, -0.25) is 9.69 Å². The van der Waals surface area contributed by atoms with Gasteiger partial charge in [0.05, 0.1) is 6.61 Å². The van der Waals surface area contributed by atoms with E-state index in [0.29, 0.717) is 18.5 Å². The second kappa shape index (κ2) is 10.9. The number of likely N-dealkylation sites (tertiary alicyclic amines) is 1. The molecule has 0 saturated carbocycles. The zero-order valence-corrected chi connectivity index (χ0v) is 18.5. The van der Waals surface area contributed by atoms with Gasteiger partial charge in [-0.15, -0.1) is 0 Å². The number of ether oxygens (including phenoxy) is 1. The lowest BCUT2D eigenvalue weighted by atomic mass is 9.95. The summed E-state index contributed by atoms with van der Waals surface area (Å²) >= 11 is 0. The van der Waals surface area contributed by atoms with Crippen LogP contribution in [-0.2, 0) is 20.9 Å². The number of carbonyl (C=O) groups excluding carboxylic acids is 2. The van der Waals surface area contributed by atoms with Crippen LogP contribution in [0, 0.1) is 5.82 Å². The molecule has 0 bridgehead atoms. The number of esters is 1. The molecule has 0 spiro atoms. The molecule has 7 heteroatoms. The van der Waals surface area contributed by atoms with E-state index in [1.807, 2.05) is 18.2 Å². The molecule has 2 aromatic rings. The first-order chi connectivity index (χ1) is 15.4. The van der Waals surface area contributed by atoms with Crippen molar-refractivity contribution in [3.05, 3.63) is 77.8 Å². The largest absolute Gasteiger partial charge is 0.462 e. The maximum Gasteiger partial charge on any atom is 0.345 e. The summed E-state index contributed by atoms with van der Waals surface area (Å²) in [5.41, 5.74) is 6.99. The standard InChI is InChI=1S/C25H30FN3O3/c1-3-32-25(31)23(16-27)24(30)29(21-11-7-10-20(26)15-21)22-12-13-28(18(2)14-22)17-19-8-5-4-6-9-19/h4-11,15-16,18,22H,3,12-14,17,27H2,1-2H3/b23-16-/t18-,22+/m0/s1. The number of carbonyl (C=O) groups is 2. The van der Waals surface area contributed by atoms with Crippen LogP contribution in [0.3, 0.4) is 0 Å². The van der Waals surface area contributed by atoms with E-state index < -0.39 is 17.7 Å². The lowest BCUT2D eigenvalue weighted by Gasteiger charge is -2.42. The fraction of sp³-hybridized carbons (Fsp3) is 0.360. The van der Waals surface area contributed by atoms with Crippen molar-refractivity contribution in [3.8, 4) is 0 Å². The Balaban J connectivity index is 1.84. The van der Waals surface area contributed by atoms with E-state index in [1.54, 1.807) is 19.1 Å². The van der Waals surface area contributed by atoms with Crippen molar-refractivity contribution in [1.82, 2.24) is 4.90 Å². The molecular formula is C25H30FN3O3. The summed E-state index contributed by atoms with van der Waals surface area (Å²) in [5.74, 6) is -1.81. The van der Waals surface area contributed by atoms with E-state index in [9.17, 15) is 14.0 Å². The van der Waals surface area contributed by atoms with Crippen LogP contribution in [0.1, 0.15) is 32.3 Å². The molecule has 0 aromatic heterocycles. The van der Waals surface area contributed by atoms with Gasteiger partial charge in [0.25, 0.3) is 5.91 Å². The zero-order chi connectivity index (χ0) is 23.1. The van der Waals surface area contributed by atoms with Crippen LogP contribution in [0.15, 0.2) is 66.4 Å². The van der Waals surface area contributed by atoms with Crippen molar-refractivity contribution in [2.75, 3.05) is 18.1 Å². The first kappa shape index (κ1) is 23.5. The molecule has 1 amide bonds. The fourth-order valence-electron chi connectivity index (χ4n) is 4.17. The van der Waals surface area contributed by atoms with Crippen LogP contribution >= 0.6 is 0 Å². The monoisotopic (exact) mass is 439 g/mol. The van der Waals surface area contributed by atoms with E-state index in [4.69, 9.17) is 10.5 Å². The first-order valence-corrected chi connectivity index (χ1v) is 10.9. The first-order valence-electron chi connectivity index (χ1n) is 10.9. The lowest BCUT2D eigenvalue weighted by Crippen LogP contribution is -2.51. The van der Waals surface area contributed by atoms with Crippen LogP contribution in [0.25, 0.3) is 0 Å². The minimum Gasteiger partial charge on any atom is -0.462 e. The summed E-state index contributed by atoms with van der Waals surface area (Å²) < 4.78 is 19.0. The molecule has 3 rings (SSSR count). The number of piperidine rings is 1. The maximum absolute atomic E-state index is 14.0. The molecule has 1 aliphatic rings. The number of benzene rings is 2. The molecule has 1 saturated heterocycles. The Morgan fingerprint density at radius 2 is 1.97 bits per heavy atom. The average molecular weight is 440 g/mol. The summed E-state index contributed by atoms with van der Waals surface area (Å²) in [6.45, 7) is 5.48. The van der Waals surface area contributed by atoms with Gasteiger partial charge in [0, 0.05) is 37.1 Å². The van der Waals surface area contributed by atoms with Gasteiger partial charge in [-0.2, -0.15) is 0 Å². The summed E-state index contributed by atoms with van der Waals surface area (Å²) in [6.07, 6.45) is 2.33. The Bertz CT molecular complexity index is 964. The Labute approximate surface area is 188 Å². The summed E-state index contributed by atoms with van der Waals surface area (Å²) in [7, 11) is 0. The van der Waals surface area contributed by atoms with E-state index in [1.165, 1.54) is 22.6 Å². The predicted octanol–water partition coefficient (Wildman–Crippen LogP) is 3.62. The van der Waals surface area contributed by atoms with Crippen LogP contribution in [0.4, 0.5) is 10.1 Å². The average Bonchev–Trinajstić information content (AvgIpc) is 2.77. The quantitative estimate of drug-likeness (QED) is 0.309. The maximum atomic E-state index is 14.0. The van der Waals surface area contributed by atoms with Crippen LogP contribution < -0.4 is 10.6 Å². The van der Waals surface area contributed by atoms with Crippen molar-refractivity contribution in [3.63, 3.8) is 0 Å². The summed E-state index contributed by atoms with van der Waals surface area (Å²) in [5, 5.41) is 0. The van der Waals surface area contributed by atoms with Gasteiger partial charge >= 0.3 is 5.97 Å². The van der Waals surface area contributed by atoms with Crippen molar-refractivity contribution in [2.24, 2.45) is 5.73 Å². The summed E-state index contributed by atoms with van der Waals surface area (Å²) in [6, 6.07) is 16.0. The Hall–Kier alpha value is -3.19. The number of rotatable bonds is 7. The van der Waals surface area contributed by atoms with Gasteiger partial charge in [-0.1, -0.05) is 36.4 Å². The van der Waals surface area contributed by atoms with Gasteiger partial charge in [0.2, 0.25) is 0 Å². The highest BCUT2D eigenvalue weighted by molar-refractivity contribution is 6.22. The van der Waals surface area contributed by atoms with Gasteiger partial charge in [0.1, 0.15) is 11.4 Å². The van der Waals surface area contributed by atoms with Gasteiger partial charge in [0.15, 0.2) is 0 Å². The fourth-order valence-corrected chi connectivity index (χ4v) is 4.17. The van der Waals surface area contributed by atoms with Gasteiger partial charge in [-0.05, 0) is 50.5 Å². The molecule has 32 heavy (non-hydrogen) atoms. The van der Waals surface area contributed by atoms with E-state index in [-0.39, 0.29) is 24.3 Å². The van der Waals surface area contributed by atoms with E-state index in [2.05, 4.69) is 24.0 Å². The molecule has 1 aliphatic heterocycles. The molecule has 0 aliphatic carbocycles. The van der Waals surface area contributed by atoms with Crippen LogP contribution in [-0.4, -0.2) is 42.0 Å². The third-order valence-electron chi connectivity index (χ3n) is 5.78. The molecule has 1 heterocycles. The Kier molecular flexibility index (Phi) is 8.00. The minimum absolute atomic E-state index is 0.123. The molecule has 0 unspecified atom stereocenters. The number of halogens is 1. The molecule has 1 fully saturated rings. The lowest BCUT2D eigenvalue weighted by molar-refractivity contribution is -0.140. The van der Waals surface area contributed by atoms with Crippen molar-refractivity contribution < 1.29 is 18.7 Å². The SMILES string of the molecule is CCOC(=O)/C(=C\N)C(=O)N(c1cccc(F)c1)[C@@H]1CCN(Cc2ccccc2)[C@@H](C)C1. The number of amides is 1. The minimum atomic E-state index is -0.782. The van der Waals surface area contributed by atoms with E-state index >= 15 is 0 Å². The molecule has 2 aromatic carbocycles. The topological polar surface area (TPSA) is 75.9 Å². The highest BCUT2D eigenvalue weighted by Gasteiger charge is 2.35. The second-order valence-corrected chi connectivity index (χ2v) is 7.94. The van der Waals surface area contributed by atoms with Crippen molar-refractivity contribution in [1.29, 1.82) is 0 Å². The van der Waals surface area contributed by atoms with Crippen molar-refractivity contribution in [2.45, 2.75) is 45.3 Å². The third kappa shape index (κ3) is 5.53. The summed E-state index contributed by atoms with van der Waals surface area (Å²) in [4.78, 5) is 29.6. The predicted molar refractivity (Wildman–Crippen MR) is 122 cm³/mol. The zero-order valence-electron chi connectivity index (χ0n) is 18.5. The van der Waals surface area contributed by atoms with Crippen LogP contribution in [0.2, 0.25) is 0 Å². The highest BCUT2D eigenvalue weighted by atomic mass is 19.1. The molecular weight excluding hydrogens is 409 g/mol. The number of nitrogens with two attached hydrogens (primary N) is 1. The molecule has 0 radical (unpaired) electrons. The number of hydrogen-bond donors (Lipinski definition) is 1. The van der Waals surface area contributed by atoms with Crippen molar-refractivity contribution >= 4 is 17.6 Å². The molecule has 170 valence electrons. The number of nitrogens with zero attached hydrogens (tertiary/aromatic N) is 2. The second-order valence-electron chi connectivity index (χ2n) is 7.94. The molecule has 2 atom stereocenters. The number of anilines is 1. The smallest absolute Gasteiger partial charge is 0.345 e. The molecule has 6 nitrogen and oxygen atoms in total. The third-order valence-corrected chi connectivity index (χ3v) is 5.78. The van der Waals surface area contributed by atoms with Gasteiger partial charge < -0.3 is 15.4 Å².